The number of amides is 2. The van der Waals surface area contributed by atoms with Gasteiger partial charge in [-0.15, -0.1) is 0 Å². The first-order chi connectivity index (χ1) is 9.42. The van der Waals surface area contributed by atoms with E-state index in [-0.39, 0.29) is 13.0 Å². The summed E-state index contributed by atoms with van der Waals surface area (Å²) in [6.45, 7) is 6.35. The molecule has 1 saturated heterocycles. The molecular formula is C13H21F3N2O3. The first-order valence-electron chi connectivity index (χ1n) is 6.78. The lowest BCUT2D eigenvalue weighted by molar-refractivity contribution is -0.183. The summed E-state index contributed by atoms with van der Waals surface area (Å²) < 4.78 is 43.4. The van der Waals surface area contributed by atoms with Crippen LogP contribution in [0.15, 0.2) is 0 Å². The van der Waals surface area contributed by atoms with Crippen LogP contribution in [0.25, 0.3) is 0 Å². The zero-order valence-corrected chi connectivity index (χ0v) is 12.6. The van der Waals surface area contributed by atoms with Crippen molar-refractivity contribution in [3.05, 3.63) is 0 Å². The van der Waals surface area contributed by atoms with E-state index in [1.807, 2.05) is 0 Å². The van der Waals surface area contributed by atoms with Crippen molar-refractivity contribution in [3.8, 4) is 0 Å². The number of hydrogen-bond acceptors (Lipinski definition) is 3. The molecule has 0 aromatic heterocycles. The summed E-state index contributed by atoms with van der Waals surface area (Å²) in [6.07, 6.45) is -5.08. The van der Waals surface area contributed by atoms with Crippen molar-refractivity contribution in [2.75, 3.05) is 6.54 Å². The third-order valence-electron chi connectivity index (χ3n) is 3.02. The van der Waals surface area contributed by atoms with Crippen LogP contribution in [-0.2, 0) is 9.53 Å². The number of ether oxygens (including phenoxy) is 1. The second kappa shape index (κ2) is 6.11. The SMILES string of the molecule is C[C@@H](NC(=O)OC(C)(C)C)C(=O)N1CCC[C@H]1C(F)(F)F. The Balaban J connectivity index is 2.64. The molecular weight excluding hydrogens is 289 g/mol. The van der Waals surface area contributed by atoms with E-state index >= 15 is 0 Å². The number of hydrogen-bond donors (Lipinski definition) is 1. The number of carbonyl (C=O) groups is 2. The zero-order chi connectivity index (χ0) is 16.4. The number of alkyl halides is 3. The average Bonchev–Trinajstić information content (AvgIpc) is 2.73. The van der Waals surface area contributed by atoms with Crippen molar-refractivity contribution in [2.45, 2.75) is 64.4 Å². The van der Waals surface area contributed by atoms with Gasteiger partial charge in [0, 0.05) is 6.54 Å². The van der Waals surface area contributed by atoms with E-state index in [1.54, 1.807) is 20.8 Å². The molecule has 1 N–H and O–H groups in total. The van der Waals surface area contributed by atoms with Crippen molar-refractivity contribution < 1.29 is 27.5 Å². The minimum Gasteiger partial charge on any atom is -0.444 e. The molecule has 0 radical (unpaired) electrons. The Labute approximate surface area is 121 Å². The normalized spacial score (nSPS) is 21.1. The maximum Gasteiger partial charge on any atom is 0.408 e. The van der Waals surface area contributed by atoms with Gasteiger partial charge in [0.2, 0.25) is 5.91 Å². The van der Waals surface area contributed by atoms with Gasteiger partial charge in [-0.2, -0.15) is 13.2 Å². The molecule has 8 heteroatoms. The molecule has 1 heterocycles. The Hall–Kier alpha value is -1.47. The van der Waals surface area contributed by atoms with Gasteiger partial charge in [0.25, 0.3) is 0 Å². The predicted octanol–water partition coefficient (Wildman–Crippen LogP) is 2.45. The lowest BCUT2D eigenvalue weighted by Gasteiger charge is -2.29. The van der Waals surface area contributed by atoms with Crippen LogP contribution in [0.4, 0.5) is 18.0 Å². The van der Waals surface area contributed by atoms with E-state index < -0.39 is 35.9 Å². The number of rotatable bonds is 2. The molecule has 0 aromatic rings. The van der Waals surface area contributed by atoms with Crippen molar-refractivity contribution in [1.82, 2.24) is 10.2 Å². The highest BCUT2D eigenvalue weighted by atomic mass is 19.4. The molecule has 0 unspecified atom stereocenters. The van der Waals surface area contributed by atoms with Crippen LogP contribution in [0.3, 0.4) is 0 Å². The number of nitrogens with one attached hydrogen (secondary N) is 1. The fraction of sp³-hybridized carbons (Fsp3) is 0.846. The standard InChI is InChI=1S/C13H21F3N2O3/c1-8(17-11(20)21-12(2,3)4)10(19)18-7-5-6-9(18)13(14,15)16/h8-9H,5-7H2,1-4H3,(H,17,20)/t8-,9+/m1/s1. The molecule has 0 saturated carbocycles. The van der Waals surface area contributed by atoms with E-state index in [4.69, 9.17) is 4.74 Å². The molecule has 1 aliphatic rings. The largest absolute Gasteiger partial charge is 0.444 e. The number of likely N-dealkylation sites (tertiary alicyclic amines) is 1. The third-order valence-corrected chi connectivity index (χ3v) is 3.02. The van der Waals surface area contributed by atoms with Gasteiger partial charge in [0.1, 0.15) is 17.7 Å². The maximum atomic E-state index is 12.8. The number of carbonyl (C=O) groups excluding carboxylic acids is 2. The van der Waals surface area contributed by atoms with E-state index in [2.05, 4.69) is 5.32 Å². The Morgan fingerprint density at radius 1 is 1.29 bits per heavy atom. The molecule has 122 valence electrons. The molecule has 2 atom stereocenters. The highest BCUT2D eigenvalue weighted by Gasteiger charge is 2.48. The first kappa shape index (κ1) is 17.6. The highest BCUT2D eigenvalue weighted by molar-refractivity contribution is 5.85. The van der Waals surface area contributed by atoms with E-state index in [0.29, 0.717) is 6.42 Å². The molecule has 21 heavy (non-hydrogen) atoms. The topological polar surface area (TPSA) is 58.6 Å². The Kier molecular flexibility index (Phi) is 5.11. The predicted molar refractivity (Wildman–Crippen MR) is 69.6 cm³/mol. The first-order valence-corrected chi connectivity index (χ1v) is 6.78. The zero-order valence-electron chi connectivity index (χ0n) is 12.6. The van der Waals surface area contributed by atoms with Gasteiger partial charge >= 0.3 is 12.3 Å². The highest BCUT2D eigenvalue weighted by Crippen LogP contribution is 2.32. The smallest absolute Gasteiger partial charge is 0.408 e. The Morgan fingerprint density at radius 2 is 1.86 bits per heavy atom. The molecule has 0 aliphatic carbocycles. The van der Waals surface area contributed by atoms with Gasteiger partial charge < -0.3 is 15.0 Å². The van der Waals surface area contributed by atoms with E-state index in [0.717, 1.165) is 4.90 Å². The van der Waals surface area contributed by atoms with Crippen molar-refractivity contribution in [2.24, 2.45) is 0 Å². The fourth-order valence-electron chi connectivity index (χ4n) is 2.17. The monoisotopic (exact) mass is 310 g/mol. The van der Waals surface area contributed by atoms with E-state index in [9.17, 15) is 22.8 Å². The molecule has 5 nitrogen and oxygen atoms in total. The van der Waals surface area contributed by atoms with Gasteiger partial charge in [0.15, 0.2) is 0 Å². The number of nitrogens with zero attached hydrogens (tertiary/aromatic N) is 1. The maximum absolute atomic E-state index is 12.8. The minimum absolute atomic E-state index is 0.0450. The quantitative estimate of drug-likeness (QED) is 0.852. The van der Waals surface area contributed by atoms with Gasteiger partial charge in [-0.1, -0.05) is 0 Å². The van der Waals surface area contributed by atoms with Crippen LogP contribution in [-0.4, -0.2) is 47.3 Å². The van der Waals surface area contributed by atoms with Gasteiger partial charge in [-0.05, 0) is 40.5 Å². The number of alkyl carbamates (subject to hydrolysis) is 1. The van der Waals surface area contributed by atoms with Crippen LogP contribution in [0.2, 0.25) is 0 Å². The second-order valence-corrected chi connectivity index (χ2v) is 6.10. The molecule has 1 aliphatic heterocycles. The van der Waals surface area contributed by atoms with Crippen molar-refractivity contribution >= 4 is 12.0 Å². The van der Waals surface area contributed by atoms with Crippen molar-refractivity contribution in [3.63, 3.8) is 0 Å². The lowest BCUT2D eigenvalue weighted by atomic mass is 10.2. The summed E-state index contributed by atoms with van der Waals surface area (Å²) in [5.74, 6) is -0.749. The summed E-state index contributed by atoms with van der Waals surface area (Å²) in [5, 5.41) is 2.27. The summed E-state index contributed by atoms with van der Waals surface area (Å²) in [6, 6.07) is -2.84. The summed E-state index contributed by atoms with van der Waals surface area (Å²) in [7, 11) is 0. The Morgan fingerprint density at radius 3 is 2.33 bits per heavy atom. The van der Waals surface area contributed by atoms with Crippen LogP contribution in [0.1, 0.15) is 40.5 Å². The third kappa shape index (κ3) is 5.09. The van der Waals surface area contributed by atoms with Crippen LogP contribution < -0.4 is 5.32 Å². The summed E-state index contributed by atoms with van der Waals surface area (Å²) in [4.78, 5) is 24.4. The lowest BCUT2D eigenvalue weighted by Crippen LogP contribution is -2.52. The molecule has 0 aromatic carbocycles. The van der Waals surface area contributed by atoms with Crippen LogP contribution in [0, 0.1) is 0 Å². The average molecular weight is 310 g/mol. The van der Waals surface area contributed by atoms with Gasteiger partial charge in [-0.25, -0.2) is 4.79 Å². The second-order valence-electron chi connectivity index (χ2n) is 6.10. The molecule has 2 amide bonds. The summed E-state index contributed by atoms with van der Waals surface area (Å²) >= 11 is 0. The molecule has 1 fully saturated rings. The van der Waals surface area contributed by atoms with E-state index in [1.165, 1.54) is 6.92 Å². The minimum atomic E-state index is -4.45. The fourth-order valence-corrected chi connectivity index (χ4v) is 2.17. The molecule has 0 spiro atoms. The van der Waals surface area contributed by atoms with Crippen LogP contribution >= 0.6 is 0 Å². The van der Waals surface area contributed by atoms with Crippen LogP contribution in [0.5, 0.6) is 0 Å². The van der Waals surface area contributed by atoms with Gasteiger partial charge in [0.05, 0.1) is 0 Å². The van der Waals surface area contributed by atoms with Gasteiger partial charge in [-0.3, -0.25) is 4.79 Å². The Bertz CT molecular complexity index is 404. The molecule has 0 bridgehead atoms. The number of halogens is 3. The van der Waals surface area contributed by atoms with Crippen molar-refractivity contribution in [1.29, 1.82) is 0 Å². The summed E-state index contributed by atoms with van der Waals surface area (Å²) in [5.41, 5.74) is -0.741. The molecule has 1 rings (SSSR count).